The molecule has 0 unspecified atom stereocenters. The van der Waals surface area contributed by atoms with Crippen molar-refractivity contribution in [2.45, 2.75) is 27.2 Å². The van der Waals surface area contributed by atoms with Crippen LogP contribution in [0.15, 0.2) is 42.5 Å². The summed E-state index contributed by atoms with van der Waals surface area (Å²) in [5, 5.41) is 2.68. The first-order chi connectivity index (χ1) is 13.9. The van der Waals surface area contributed by atoms with Crippen LogP contribution in [0.1, 0.15) is 24.5 Å². The van der Waals surface area contributed by atoms with E-state index in [9.17, 15) is 21.6 Å². The number of nitrogens with one attached hydrogen (secondary N) is 2. The van der Waals surface area contributed by atoms with Gasteiger partial charge in [-0.1, -0.05) is 31.2 Å². The lowest BCUT2D eigenvalue weighted by Gasteiger charge is -2.24. The predicted octanol–water partition coefficient (Wildman–Crippen LogP) is 2.86. The third-order valence-electron chi connectivity index (χ3n) is 4.42. The maximum Gasteiger partial charge on any atom is 0.245 e. The molecule has 0 saturated heterocycles. The molecule has 0 radical (unpaired) electrons. The Bertz CT molecular complexity index is 1130. The molecule has 0 saturated carbocycles. The molecule has 2 N–H and O–H groups in total. The fourth-order valence-corrected chi connectivity index (χ4v) is 5.02. The monoisotopic (exact) mass is 453 g/mol. The number of nitrogens with zero attached hydrogens (tertiary/aromatic N) is 1. The predicted molar refractivity (Wildman–Crippen MR) is 121 cm³/mol. The number of para-hydroxylation sites is 1. The van der Waals surface area contributed by atoms with Gasteiger partial charge in [0.1, 0.15) is 6.54 Å². The number of aryl methyl sites for hydroxylation is 1. The first-order valence-corrected chi connectivity index (χ1v) is 12.9. The van der Waals surface area contributed by atoms with Gasteiger partial charge < -0.3 is 5.32 Å². The number of anilines is 3. The van der Waals surface area contributed by atoms with Crippen LogP contribution in [-0.4, -0.2) is 41.3 Å². The van der Waals surface area contributed by atoms with Crippen LogP contribution < -0.4 is 14.3 Å². The molecule has 0 atom stereocenters. The highest BCUT2D eigenvalue weighted by Crippen LogP contribution is 2.25. The van der Waals surface area contributed by atoms with Crippen LogP contribution >= 0.6 is 0 Å². The number of carbonyl (C=O) groups is 1. The van der Waals surface area contributed by atoms with Gasteiger partial charge in [-0.15, -0.1) is 0 Å². The number of sulfonamides is 2. The molecule has 0 spiro atoms. The van der Waals surface area contributed by atoms with Gasteiger partial charge in [-0.2, -0.15) is 0 Å². The van der Waals surface area contributed by atoms with E-state index in [0.29, 0.717) is 29.0 Å². The number of rotatable bonds is 9. The highest BCUT2D eigenvalue weighted by atomic mass is 32.2. The SMILES string of the molecule is CCCS(=O)(=O)Nc1cccc(NC(=O)CN(c2ccccc2C)S(C)(=O)=O)c1C. The summed E-state index contributed by atoms with van der Waals surface area (Å²) in [5.74, 6) is -0.552. The maximum absolute atomic E-state index is 12.6. The van der Waals surface area contributed by atoms with Crippen LogP contribution in [-0.2, 0) is 24.8 Å². The average Bonchev–Trinajstić information content (AvgIpc) is 2.63. The number of hydrogen-bond donors (Lipinski definition) is 2. The van der Waals surface area contributed by atoms with E-state index in [2.05, 4.69) is 10.0 Å². The quantitative estimate of drug-likeness (QED) is 0.606. The highest BCUT2D eigenvalue weighted by molar-refractivity contribution is 7.92. The molecule has 0 aliphatic carbocycles. The Balaban J connectivity index is 2.25. The van der Waals surface area contributed by atoms with Crippen molar-refractivity contribution in [1.82, 2.24) is 0 Å². The van der Waals surface area contributed by atoms with Gasteiger partial charge in [-0.25, -0.2) is 16.8 Å². The molecule has 0 aromatic heterocycles. The van der Waals surface area contributed by atoms with Gasteiger partial charge in [-0.3, -0.25) is 13.8 Å². The summed E-state index contributed by atoms with van der Waals surface area (Å²) in [5.41, 5.74) is 2.44. The Morgan fingerprint density at radius 2 is 1.60 bits per heavy atom. The molecule has 1 amide bonds. The van der Waals surface area contributed by atoms with E-state index < -0.39 is 32.5 Å². The van der Waals surface area contributed by atoms with Crippen molar-refractivity contribution in [3.05, 3.63) is 53.6 Å². The topological polar surface area (TPSA) is 113 Å². The minimum atomic E-state index is -3.70. The van der Waals surface area contributed by atoms with Crippen LogP contribution in [0.2, 0.25) is 0 Å². The second-order valence-electron chi connectivity index (χ2n) is 7.00. The summed E-state index contributed by atoms with van der Waals surface area (Å²) >= 11 is 0. The standard InChI is InChI=1S/C20H27N3O5S2/c1-5-13-30(27,28)22-18-11-8-10-17(16(18)3)21-20(24)14-23(29(4,25)26)19-12-7-6-9-15(19)2/h6-12,22H,5,13-14H2,1-4H3,(H,21,24). The zero-order valence-corrected chi connectivity index (χ0v) is 19.1. The summed E-state index contributed by atoms with van der Waals surface area (Å²) in [6, 6.07) is 11.7. The summed E-state index contributed by atoms with van der Waals surface area (Å²) in [6.07, 6.45) is 1.52. The van der Waals surface area contributed by atoms with Crippen molar-refractivity contribution < 1.29 is 21.6 Å². The molecule has 8 nitrogen and oxygen atoms in total. The average molecular weight is 454 g/mol. The number of hydrogen-bond acceptors (Lipinski definition) is 5. The molecular weight excluding hydrogens is 426 g/mol. The van der Waals surface area contributed by atoms with Crippen LogP contribution in [0.3, 0.4) is 0 Å². The lowest BCUT2D eigenvalue weighted by atomic mass is 10.1. The molecule has 10 heteroatoms. The molecule has 0 aliphatic heterocycles. The van der Waals surface area contributed by atoms with E-state index in [4.69, 9.17) is 0 Å². The molecule has 0 fully saturated rings. The van der Waals surface area contributed by atoms with Gasteiger partial charge in [0.2, 0.25) is 26.0 Å². The molecule has 2 aromatic carbocycles. The lowest BCUT2D eigenvalue weighted by molar-refractivity contribution is -0.114. The summed E-state index contributed by atoms with van der Waals surface area (Å²) in [7, 11) is -7.18. The highest BCUT2D eigenvalue weighted by Gasteiger charge is 2.22. The molecule has 30 heavy (non-hydrogen) atoms. The van der Waals surface area contributed by atoms with Crippen molar-refractivity contribution in [2.24, 2.45) is 0 Å². The smallest absolute Gasteiger partial charge is 0.245 e. The van der Waals surface area contributed by atoms with E-state index in [-0.39, 0.29) is 5.75 Å². The molecule has 0 bridgehead atoms. The number of amides is 1. The first-order valence-electron chi connectivity index (χ1n) is 9.38. The fraction of sp³-hybridized carbons (Fsp3) is 0.350. The van der Waals surface area contributed by atoms with E-state index in [1.807, 2.05) is 0 Å². The fourth-order valence-electron chi connectivity index (χ4n) is 2.91. The van der Waals surface area contributed by atoms with Gasteiger partial charge in [-0.05, 0) is 49.6 Å². The minimum Gasteiger partial charge on any atom is -0.324 e. The summed E-state index contributed by atoms with van der Waals surface area (Å²) in [6.45, 7) is 4.80. The van der Waals surface area contributed by atoms with Gasteiger partial charge in [0.25, 0.3) is 0 Å². The molecular formula is C20H27N3O5S2. The largest absolute Gasteiger partial charge is 0.324 e. The molecule has 164 valence electrons. The Kier molecular flexibility index (Phi) is 7.49. The molecule has 0 aliphatic rings. The van der Waals surface area contributed by atoms with E-state index >= 15 is 0 Å². The van der Waals surface area contributed by atoms with Crippen LogP contribution in [0.4, 0.5) is 17.1 Å². The summed E-state index contributed by atoms with van der Waals surface area (Å²) < 4.78 is 52.2. The normalized spacial score (nSPS) is 11.7. The second-order valence-corrected chi connectivity index (χ2v) is 10.8. The van der Waals surface area contributed by atoms with E-state index in [1.165, 1.54) is 0 Å². The molecule has 2 rings (SSSR count). The van der Waals surface area contributed by atoms with Crippen LogP contribution in [0.5, 0.6) is 0 Å². The Morgan fingerprint density at radius 3 is 2.20 bits per heavy atom. The van der Waals surface area contributed by atoms with Crippen molar-refractivity contribution >= 4 is 43.0 Å². The van der Waals surface area contributed by atoms with Crippen molar-refractivity contribution in [1.29, 1.82) is 0 Å². The van der Waals surface area contributed by atoms with Crippen LogP contribution in [0, 0.1) is 13.8 Å². The zero-order valence-electron chi connectivity index (χ0n) is 17.5. The van der Waals surface area contributed by atoms with Gasteiger partial charge in [0.15, 0.2) is 0 Å². The molecule has 0 heterocycles. The van der Waals surface area contributed by atoms with Crippen molar-refractivity contribution in [2.75, 3.05) is 32.9 Å². The second kappa shape index (κ2) is 9.48. The third-order valence-corrected chi connectivity index (χ3v) is 7.02. The number of benzene rings is 2. The zero-order chi connectivity index (χ0) is 22.5. The first kappa shape index (κ1) is 23.7. The van der Waals surface area contributed by atoms with Gasteiger partial charge in [0.05, 0.1) is 23.4 Å². The minimum absolute atomic E-state index is 0.0111. The Labute approximate surface area is 178 Å². The Morgan fingerprint density at radius 1 is 0.967 bits per heavy atom. The third kappa shape index (κ3) is 6.20. The maximum atomic E-state index is 12.6. The number of carbonyl (C=O) groups excluding carboxylic acids is 1. The summed E-state index contributed by atoms with van der Waals surface area (Å²) in [4.78, 5) is 12.6. The van der Waals surface area contributed by atoms with Gasteiger partial charge in [0, 0.05) is 5.69 Å². The molecule has 2 aromatic rings. The van der Waals surface area contributed by atoms with Crippen LogP contribution in [0.25, 0.3) is 0 Å². The van der Waals surface area contributed by atoms with Gasteiger partial charge >= 0.3 is 0 Å². The van der Waals surface area contributed by atoms with Crippen molar-refractivity contribution in [3.8, 4) is 0 Å². The Hall–Kier alpha value is -2.59. The van der Waals surface area contributed by atoms with Crippen molar-refractivity contribution in [3.63, 3.8) is 0 Å². The van der Waals surface area contributed by atoms with E-state index in [1.54, 1.807) is 63.2 Å². The lowest BCUT2D eigenvalue weighted by Crippen LogP contribution is -2.38. The van der Waals surface area contributed by atoms with E-state index in [0.717, 1.165) is 16.1 Å².